The second-order valence-corrected chi connectivity index (χ2v) is 3.52. The SMILES string of the molecule is OC1CC(OCC2CC2)C1. The Morgan fingerprint density at radius 3 is 2.50 bits per heavy atom. The van der Waals surface area contributed by atoms with Crippen LogP contribution in [0.2, 0.25) is 0 Å². The van der Waals surface area contributed by atoms with E-state index in [2.05, 4.69) is 0 Å². The van der Waals surface area contributed by atoms with Crippen LogP contribution < -0.4 is 0 Å². The Morgan fingerprint density at radius 1 is 1.30 bits per heavy atom. The third-order valence-electron chi connectivity index (χ3n) is 2.33. The van der Waals surface area contributed by atoms with Gasteiger partial charge in [-0.1, -0.05) is 0 Å². The number of aliphatic hydroxyl groups excluding tert-OH is 1. The molecular weight excluding hydrogens is 128 g/mol. The molecule has 0 aromatic heterocycles. The Morgan fingerprint density at radius 2 is 2.00 bits per heavy atom. The van der Waals surface area contributed by atoms with Gasteiger partial charge in [-0.3, -0.25) is 0 Å². The summed E-state index contributed by atoms with van der Waals surface area (Å²) in [5.74, 6) is 0.859. The Hall–Kier alpha value is -0.0800. The molecule has 2 rings (SSSR count). The predicted molar refractivity (Wildman–Crippen MR) is 37.7 cm³/mol. The fraction of sp³-hybridized carbons (Fsp3) is 1.00. The van der Waals surface area contributed by atoms with E-state index in [-0.39, 0.29) is 6.10 Å². The van der Waals surface area contributed by atoms with Gasteiger partial charge in [-0.15, -0.1) is 0 Å². The number of hydrogen-bond donors (Lipinski definition) is 1. The van der Waals surface area contributed by atoms with Crippen LogP contribution in [0, 0.1) is 5.92 Å². The second-order valence-electron chi connectivity index (χ2n) is 3.52. The van der Waals surface area contributed by atoms with Crippen LogP contribution in [0.15, 0.2) is 0 Å². The van der Waals surface area contributed by atoms with E-state index in [4.69, 9.17) is 9.84 Å². The van der Waals surface area contributed by atoms with Gasteiger partial charge in [-0.2, -0.15) is 0 Å². The van der Waals surface area contributed by atoms with Crippen molar-refractivity contribution in [1.29, 1.82) is 0 Å². The van der Waals surface area contributed by atoms with Crippen LogP contribution in [0.5, 0.6) is 0 Å². The van der Waals surface area contributed by atoms with Crippen molar-refractivity contribution < 1.29 is 9.84 Å². The summed E-state index contributed by atoms with van der Waals surface area (Å²) in [4.78, 5) is 0. The van der Waals surface area contributed by atoms with E-state index in [0.717, 1.165) is 25.4 Å². The van der Waals surface area contributed by atoms with Gasteiger partial charge in [0, 0.05) is 6.61 Å². The highest BCUT2D eigenvalue weighted by Crippen LogP contribution is 2.31. The van der Waals surface area contributed by atoms with E-state index in [1.807, 2.05) is 0 Å². The molecule has 0 atom stereocenters. The molecule has 0 saturated heterocycles. The molecule has 2 saturated carbocycles. The molecule has 10 heavy (non-hydrogen) atoms. The van der Waals surface area contributed by atoms with Gasteiger partial charge in [0.2, 0.25) is 0 Å². The molecule has 2 fully saturated rings. The molecule has 0 aliphatic heterocycles. The molecule has 0 heterocycles. The highest BCUT2D eigenvalue weighted by Gasteiger charge is 2.30. The summed E-state index contributed by atoms with van der Waals surface area (Å²) in [6.07, 6.45) is 4.77. The van der Waals surface area contributed by atoms with Gasteiger partial charge in [0.25, 0.3) is 0 Å². The molecular formula is C8H14O2. The number of hydrogen-bond acceptors (Lipinski definition) is 2. The molecule has 0 aromatic carbocycles. The lowest BCUT2D eigenvalue weighted by atomic mass is 9.92. The van der Waals surface area contributed by atoms with Gasteiger partial charge in [0.1, 0.15) is 0 Å². The largest absolute Gasteiger partial charge is 0.393 e. The molecule has 2 aliphatic rings. The summed E-state index contributed by atoms with van der Waals surface area (Å²) in [7, 11) is 0. The smallest absolute Gasteiger partial charge is 0.0624 e. The van der Waals surface area contributed by atoms with E-state index in [0.29, 0.717) is 6.10 Å². The van der Waals surface area contributed by atoms with Crippen LogP contribution in [0.3, 0.4) is 0 Å². The average Bonchev–Trinajstić information content (AvgIpc) is 2.60. The van der Waals surface area contributed by atoms with Crippen LogP contribution >= 0.6 is 0 Å². The Balaban J connectivity index is 1.54. The number of aliphatic hydroxyl groups is 1. The average molecular weight is 142 g/mol. The van der Waals surface area contributed by atoms with E-state index >= 15 is 0 Å². The normalized spacial score (nSPS) is 39.3. The second kappa shape index (κ2) is 2.51. The van der Waals surface area contributed by atoms with Crippen LogP contribution in [0.1, 0.15) is 25.7 Å². The van der Waals surface area contributed by atoms with Crippen molar-refractivity contribution in [2.24, 2.45) is 5.92 Å². The summed E-state index contributed by atoms with van der Waals surface area (Å²) in [5.41, 5.74) is 0. The zero-order valence-electron chi connectivity index (χ0n) is 6.12. The first kappa shape index (κ1) is 6.62. The minimum Gasteiger partial charge on any atom is -0.393 e. The lowest BCUT2D eigenvalue weighted by Gasteiger charge is -2.31. The third-order valence-corrected chi connectivity index (χ3v) is 2.33. The third kappa shape index (κ3) is 1.50. The van der Waals surface area contributed by atoms with Crippen LogP contribution in [0.25, 0.3) is 0 Å². The van der Waals surface area contributed by atoms with E-state index in [1.165, 1.54) is 12.8 Å². The van der Waals surface area contributed by atoms with Gasteiger partial charge >= 0.3 is 0 Å². The van der Waals surface area contributed by atoms with Crippen molar-refractivity contribution in [3.05, 3.63) is 0 Å². The van der Waals surface area contributed by atoms with Crippen molar-refractivity contribution >= 4 is 0 Å². The lowest BCUT2D eigenvalue weighted by Crippen LogP contribution is -2.35. The van der Waals surface area contributed by atoms with Crippen LogP contribution in [0.4, 0.5) is 0 Å². The molecule has 0 bridgehead atoms. The summed E-state index contributed by atoms with van der Waals surface area (Å²) >= 11 is 0. The van der Waals surface area contributed by atoms with Crippen LogP contribution in [-0.2, 0) is 4.74 Å². The zero-order valence-corrected chi connectivity index (χ0v) is 6.12. The Kier molecular flexibility index (Phi) is 1.66. The highest BCUT2D eigenvalue weighted by molar-refractivity contribution is 4.81. The first-order valence-corrected chi connectivity index (χ1v) is 4.14. The maximum absolute atomic E-state index is 8.92. The summed E-state index contributed by atoms with van der Waals surface area (Å²) < 4.78 is 5.51. The zero-order chi connectivity index (χ0) is 6.97. The van der Waals surface area contributed by atoms with Gasteiger partial charge in [-0.25, -0.2) is 0 Å². The van der Waals surface area contributed by atoms with Crippen molar-refractivity contribution in [1.82, 2.24) is 0 Å². The van der Waals surface area contributed by atoms with E-state index < -0.39 is 0 Å². The minimum atomic E-state index is -0.0656. The molecule has 0 amide bonds. The van der Waals surface area contributed by atoms with Gasteiger partial charge in [-0.05, 0) is 31.6 Å². The van der Waals surface area contributed by atoms with Crippen molar-refractivity contribution in [2.75, 3.05) is 6.61 Å². The van der Waals surface area contributed by atoms with Crippen molar-refractivity contribution in [2.45, 2.75) is 37.9 Å². The standard InChI is InChI=1S/C8H14O2/c9-7-3-8(4-7)10-5-6-1-2-6/h6-9H,1-5H2. The van der Waals surface area contributed by atoms with Gasteiger partial charge < -0.3 is 9.84 Å². The highest BCUT2D eigenvalue weighted by atomic mass is 16.5. The monoisotopic (exact) mass is 142 g/mol. The molecule has 2 nitrogen and oxygen atoms in total. The molecule has 58 valence electrons. The Bertz CT molecular complexity index is 114. The predicted octanol–water partition coefficient (Wildman–Crippen LogP) is 0.936. The van der Waals surface area contributed by atoms with Crippen molar-refractivity contribution in [3.63, 3.8) is 0 Å². The summed E-state index contributed by atoms with van der Waals surface area (Å²) in [6, 6.07) is 0. The molecule has 1 N–H and O–H groups in total. The van der Waals surface area contributed by atoms with E-state index in [9.17, 15) is 0 Å². The molecule has 2 aliphatic carbocycles. The molecule has 0 unspecified atom stereocenters. The quantitative estimate of drug-likeness (QED) is 0.635. The summed E-state index contributed by atoms with van der Waals surface area (Å²) in [6.45, 7) is 0.942. The first-order valence-electron chi connectivity index (χ1n) is 4.14. The van der Waals surface area contributed by atoms with Crippen LogP contribution in [-0.4, -0.2) is 23.9 Å². The fourth-order valence-electron chi connectivity index (χ4n) is 1.23. The maximum Gasteiger partial charge on any atom is 0.0624 e. The lowest BCUT2D eigenvalue weighted by molar-refractivity contribution is -0.0736. The van der Waals surface area contributed by atoms with Gasteiger partial charge in [0.05, 0.1) is 12.2 Å². The number of ether oxygens (including phenoxy) is 1. The number of rotatable bonds is 3. The Labute approximate surface area is 61.2 Å². The topological polar surface area (TPSA) is 29.5 Å². The molecule has 0 spiro atoms. The first-order chi connectivity index (χ1) is 4.84. The molecule has 0 aromatic rings. The maximum atomic E-state index is 8.92. The molecule has 0 radical (unpaired) electrons. The fourth-order valence-corrected chi connectivity index (χ4v) is 1.23. The minimum absolute atomic E-state index is 0.0656. The van der Waals surface area contributed by atoms with Gasteiger partial charge in [0.15, 0.2) is 0 Å². The van der Waals surface area contributed by atoms with Crippen molar-refractivity contribution in [3.8, 4) is 0 Å². The summed E-state index contributed by atoms with van der Waals surface area (Å²) in [5, 5.41) is 8.92. The van der Waals surface area contributed by atoms with E-state index in [1.54, 1.807) is 0 Å². The molecule has 2 heteroatoms.